The van der Waals surface area contributed by atoms with Crippen LogP contribution in [0.4, 0.5) is 0 Å². The van der Waals surface area contributed by atoms with E-state index < -0.39 is 0 Å². The Morgan fingerprint density at radius 3 is 2.80 bits per heavy atom. The molecule has 0 saturated carbocycles. The molecule has 0 aromatic heterocycles. The smallest absolute Gasteiger partial charge is 0.00173 e. The molecule has 80 valence electrons. The zero-order valence-corrected chi connectivity index (χ0v) is 9.52. The summed E-state index contributed by atoms with van der Waals surface area (Å²) < 4.78 is 0. The Hall–Kier alpha value is -1.04. The van der Waals surface area contributed by atoms with Gasteiger partial charge < -0.3 is 0 Å². The molecule has 2 aliphatic carbocycles. The average molecular weight is 200 g/mol. The first kappa shape index (κ1) is 10.5. The van der Waals surface area contributed by atoms with E-state index in [1.165, 1.54) is 12.8 Å². The summed E-state index contributed by atoms with van der Waals surface area (Å²) in [6.07, 6.45) is 21.0. The topological polar surface area (TPSA) is 0 Å². The molecule has 15 heavy (non-hydrogen) atoms. The standard InChI is InChI=1S/C15H20/c1-2-3-4-8-14-11-7-12-15(14)13-9-5-6-10-13/h3-8,12-13,15H,2,9-11H2,1H3/b4-3-,14-8+. The van der Waals surface area contributed by atoms with Crippen molar-refractivity contribution >= 4 is 0 Å². The Bertz CT molecular complexity index is 307. The van der Waals surface area contributed by atoms with Gasteiger partial charge in [0.15, 0.2) is 0 Å². The van der Waals surface area contributed by atoms with Gasteiger partial charge in [0.25, 0.3) is 0 Å². The van der Waals surface area contributed by atoms with E-state index in [4.69, 9.17) is 0 Å². The fourth-order valence-electron chi connectivity index (χ4n) is 2.51. The van der Waals surface area contributed by atoms with Gasteiger partial charge in [0.1, 0.15) is 0 Å². The molecule has 0 aromatic rings. The number of hydrogen-bond acceptors (Lipinski definition) is 0. The molecule has 1 unspecified atom stereocenters. The molecule has 0 amide bonds. The lowest BCUT2D eigenvalue weighted by molar-refractivity contribution is 0.473. The molecular weight excluding hydrogens is 180 g/mol. The van der Waals surface area contributed by atoms with Crippen molar-refractivity contribution in [3.05, 3.63) is 48.1 Å². The van der Waals surface area contributed by atoms with Gasteiger partial charge in [-0.2, -0.15) is 0 Å². The minimum Gasteiger partial charge on any atom is -0.0882 e. The van der Waals surface area contributed by atoms with Gasteiger partial charge >= 0.3 is 0 Å². The van der Waals surface area contributed by atoms with E-state index in [9.17, 15) is 0 Å². The van der Waals surface area contributed by atoms with Crippen LogP contribution in [0.15, 0.2) is 48.1 Å². The van der Waals surface area contributed by atoms with Crippen LogP contribution in [0.1, 0.15) is 32.6 Å². The van der Waals surface area contributed by atoms with Gasteiger partial charge in [-0.05, 0) is 31.6 Å². The van der Waals surface area contributed by atoms with Crippen LogP contribution >= 0.6 is 0 Å². The summed E-state index contributed by atoms with van der Waals surface area (Å²) in [5.74, 6) is 1.55. The molecule has 0 N–H and O–H groups in total. The third-order valence-corrected chi connectivity index (χ3v) is 3.36. The molecule has 0 heteroatoms. The first-order valence-electron chi connectivity index (χ1n) is 6.09. The summed E-state index contributed by atoms with van der Waals surface area (Å²) in [5.41, 5.74) is 1.61. The van der Waals surface area contributed by atoms with Crippen molar-refractivity contribution in [2.24, 2.45) is 11.8 Å². The zero-order valence-electron chi connectivity index (χ0n) is 9.52. The molecule has 0 spiro atoms. The van der Waals surface area contributed by atoms with Crippen molar-refractivity contribution in [1.82, 2.24) is 0 Å². The molecule has 0 saturated heterocycles. The lowest BCUT2D eigenvalue weighted by Crippen LogP contribution is -2.08. The maximum Gasteiger partial charge on any atom is 0.00173 e. The third-order valence-electron chi connectivity index (χ3n) is 3.36. The fourth-order valence-corrected chi connectivity index (χ4v) is 2.51. The van der Waals surface area contributed by atoms with Crippen molar-refractivity contribution in [3.8, 4) is 0 Å². The largest absolute Gasteiger partial charge is 0.0882 e. The highest BCUT2D eigenvalue weighted by Crippen LogP contribution is 2.37. The fraction of sp³-hybridized carbons (Fsp3) is 0.467. The highest BCUT2D eigenvalue weighted by Gasteiger charge is 2.25. The van der Waals surface area contributed by atoms with Crippen LogP contribution in [0, 0.1) is 11.8 Å². The van der Waals surface area contributed by atoms with Gasteiger partial charge in [0.2, 0.25) is 0 Å². The SMILES string of the molecule is CC/C=C\C=C1/CC=CC1C1CC=CC1. The number of allylic oxidation sites excluding steroid dienone is 8. The second kappa shape index (κ2) is 5.16. The van der Waals surface area contributed by atoms with E-state index in [1.807, 2.05) is 0 Å². The van der Waals surface area contributed by atoms with Crippen LogP contribution < -0.4 is 0 Å². The van der Waals surface area contributed by atoms with Gasteiger partial charge in [0.05, 0.1) is 0 Å². The van der Waals surface area contributed by atoms with Crippen LogP contribution in [0.25, 0.3) is 0 Å². The average Bonchev–Trinajstić information content (AvgIpc) is 2.87. The summed E-state index contributed by atoms with van der Waals surface area (Å²) in [4.78, 5) is 0. The van der Waals surface area contributed by atoms with Crippen molar-refractivity contribution in [3.63, 3.8) is 0 Å². The van der Waals surface area contributed by atoms with Gasteiger partial charge in [0, 0.05) is 5.92 Å². The first-order valence-corrected chi connectivity index (χ1v) is 6.09. The summed E-state index contributed by atoms with van der Waals surface area (Å²) in [7, 11) is 0. The number of rotatable bonds is 3. The van der Waals surface area contributed by atoms with Gasteiger partial charge in [-0.25, -0.2) is 0 Å². The maximum absolute atomic E-state index is 2.41. The normalized spacial score (nSPS) is 28.9. The third kappa shape index (κ3) is 2.50. The van der Waals surface area contributed by atoms with Crippen LogP contribution in [-0.2, 0) is 0 Å². The van der Waals surface area contributed by atoms with Gasteiger partial charge in [-0.1, -0.05) is 55.0 Å². The van der Waals surface area contributed by atoms with Crippen molar-refractivity contribution < 1.29 is 0 Å². The van der Waals surface area contributed by atoms with E-state index in [2.05, 4.69) is 49.5 Å². The maximum atomic E-state index is 2.41. The highest BCUT2D eigenvalue weighted by molar-refractivity contribution is 5.29. The van der Waals surface area contributed by atoms with Crippen LogP contribution in [0.5, 0.6) is 0 Å². The molecular formula is C15H20. The molecule has 1 atom stereocenters. The second-order valence-corrected chi connectivity index (χ2v) is 4.44. The predicted molar refractivity (Wildman–Crippen MR) is 66.6 cm³/mol. The molecule has 0 heterocycles. The van der Waals surface area contributed by atoms with E-state index >= 15 is 0 Å². The van der Waals surface area contributed by atoms with Crippen LogP contribution in [-0.4, -0.2) is 0 Å². The lowest BCUT2D eigenvalue weighted by atomic mass is 9.86. The first-order chi connectivity index (χ1) is 7.42. The van der Waals surface area contributed by atoms with Crippen LogP contribution in [0.2, 0.25) is 0 Å². The quantitative estimate of drug-likeness (QED) is 0.591. The van der Waals surface area contributed by atoms with Gasteiger partial charge in [-0.3, -0.25) is 0 Å². The Labute approximate surface area is 93.1 Å². The molecule has 2 aliphatic rings. The zero-order chi connectivity index (χ0) is 10.5. The molecule has 0 nitrogen and oxygen atoms in total. The van der Waals surface area contributed by atoms with Gasteiger partial charge in [-0.15, -0.1) is 0 Å². The van der Waals surface area contributed by atoms with E-state index in [0.717, 1.165) is 18.8 Å². The Balaban J connectivity index is 2.00. The Morgan fingerprint density at radius 2 is 2.07 bits per heavy atom. The number of hydrogen-bond donors (Lipinski definition) is 0. The predicted octanol–water partition coefficient (Wildman–Crippen LogP) is 4.42. The van der Waals surface area contributed by atoms with Crippen molar-refractivity contribution in [2.45, 2.75) is 32.6 Å². The molecule has 0 fully saturated rings. The summed E-state index contributed by atoms with van der Waals surface area (Å²) in [6, 6.07) is 0. The van der Waals surface area contributed by atoms with Crippen LogP contribution in [0.3, 0.4) is 0 Å². The van der Waals surface area contributed by atoms with E-state index in [0.29, 0.717) is 5.92 Å². The highest BCUT2D eigenvalue weighted by atomic mass is 14.3. The molecule has 0 aromatic carbocycles. The van der Waals surface area contributed by atoms with Crippen molar-refractivity contribution in [2.75, 3.05) is 0 Å². The van der Waals surface area contributed by atoms with E-state index in [-0.39, 0.29) is 0 Å². The Kier molecular flexibility index (Phi) is 3.60. The minimum absolute atomic E-state index is 0.710. The minimum atomic E-state index is 0.710. The molecule has 0 bridgehead atoms. The molecule has 2 rings (SSSR count). The summed E-state index contributed by atoms with van der Waals surface area (Å²) in [5, 5.41) is 0. The van der Waals surface area contributed by atoms with Crippen molar-refractivity contribution in [1.29, 1.82) is 0 Å². The summed E-state index contributed by atoms with van der Waals surface area (Å²) >= 11 is 0. The second-order valence-electron chi connectivity index (χ2n) is 4.44. The lowest BCUT2D eigenvalue weighted by Gasteiger charge is -2.18. The Morgan fingerprint density at radius 1 is 1.27 bits per heavy atom. The molecule has 0 radical (unpaired) electrons. The van der Waals surface area contributed by atoms with E-state index in [1.54, 1.807) is 5.57 Å². The monoisotopic (exact) mass is 200 g/mol. The summed E-state index contributed by atoms with van der Waals surface area (Å²) in [6.45, 7) is 2.18. The molecule has 0 aliphatic heterocycles.